The minimum Gasteiger partial charge on any atom is -0.381 e. The number of hydrogen-bond donors (Lipinski definition) is 1. The summed E-state index contributed by atoms with van der Waals surface area (Å²) in [6.07, 6.45) is 5.50. The Balaban J connectivity index is 1.97. The molecule has 1 aliphatic rings. The van der Waals surface area contributed by atoms with E-state index in [-0.39, 0.29) is 0 Å². The normalized spacial score (nSPS) is 22.2. The highest BCUT2D eigenvalue weighted by atomic mass is 35.5. The van der Waals surface area contributed by atoms with Gasteiger partial charge in [-0.15, -0.1) is 0 Å². The molecule has 0 bridgehead atoms. The highest BCUT2D eigenvalue weighted by molar-refractivity contribution is 6.30. The van der Waals surface area contributed by atoms with Crippen molar-refractivity contribution in [2.24, 2.45) is 0 Å². The molecule has 1 aromatic heterocycles. The molecule has 1 atom stereocenters. The SMILES string of the molecule is Cc1cc(NC2CCCN(C)CC2)cnc1Cl. The summed E-state index contributed by atoms with van der Waals surface area (Å²) in [6, 6.07) is 2.63. The van der Waals surface area contributed by atoms with E-state index in [1.165, 1.54) is 25.8 Å². The van der Waals surface area contributed by atoms with Gasteiger partial charge in [-0.25, -0.2) is 4.98 Å². The zero-order valence-electron chi connectivity index (χ0n) is 10.5. The van der Waals surface area contributed by atoms with Gasteiger partial charge in [0, 0.05) is 6.04 Å². The summed E-state index contributed by atoms with van der Waals surface area (Å²) in [6.45, 7) is 4.36. The van der Waals surface area contributed by atoms with Gasteiger partial charge >= 0.3 is 0 Å². The molecule has 0 radical (unpaired) electrons. The largest absolute Gasteiger partial charge is 0.381 e. The van der Waals surface area contributed by atoms with Crippen LogP contribution in [0, 0.1) is 6.92 Å². The molecule has 17 heavy (non-hydrogen) atoms. The molecule has 1 N–H and O–H groups in total. The van der Waals surface area contributed by atoms with E-state index in [2.05, 4.69) is 28.3 Å². The van der Waals surface area contributed by atoms with Crippen molar-refractivity contribution in [3.63, 3.8) is 0 Å². The van der Waals surface area contributed by atoms with E-state index < -0.39 is 0 Å². The number of pyridine rings is 1. The molecule has 2 rings (SSSR count). The zero-order chi connectivity index (χ0) is 12.3. The lowest BCUT2D eigenvalue weighted by molar-refractivity contribution is 0.348. The third-order valence-electron chi connectivity index (χ3n) is 3.34. The van der Waals surface area contributed by atoms with E-state index in [1.54, 1.807) is 0 Å². The molecule has 1 aliphatic heterocycles. The Morgan fingerprint density at radius 3 is 3.00 bits per heavy atom. The lowest BCUT2D eigenvalue weighted by Gasteiger charge is -2.18. The number of aryl methyl sites for hydroxylation is 1. The summed E-state index contributed by atoms with van der Waals surface area (Å²) >= 11 is 5.92. The zero-order valence-corrected chi connectivity index (χ0v) is 11.3. The van der Waals surface area contributed by atoms with Crippen LogP contribution in [0.4, 0.5) is 5.69 Å². The number of nitrogens with zero attached hydrogens (tertiary/aromatic N) is 2. The second-order valence-corrected chi connectivity index (χ2v) is 5.27. The van der Waals surface area contributed by atoms with Gasteiger partial charge in [-0.1, -0.05) is 11.6 Å². The van der Waals surface area contributed by atoms with Crippen molar-refractivity contribution in [1.82, 2.24) is 9.88 Å². The van der Waals surface area contributed by atoms with Gasteiger partial charge in [0.25, 0.3) is 0 Å². The molecule has 1 unspecified atom stereocenters. The van der Waals surface area contributed by atoms with Crippen molar-refractivity contribution in [2.75, 3.05) is 25.5 Å². The molecule has 94 valence electrons. The van der Waals surface area contributed by atoms with Gasteiger partial charge in [0.2, 0.25) is 0 Å². The van der Waals surface area contributed by atoms with Crippen molar-refractivity contribution in [2.45, 2.75) is 32.2 Å². The first-order valence-electron chi connectivity index (χ1n) is 6.22. The minimum atomic E-state index is 0.558. The average Bonchev–Trinajstić information content (AvgIpc) is 2.49. The standard InChI is InChI=1S/C13H20ClN3/c1-10-8-12(9-15-13(10)14)16-11-4-3-6-17(2)7-5-11/h8-9,11,16H,3-7H2,1-2H3. The van der Waals surface area contributed by atoms with E-state index in [0.717, 1.165) is 17.8 Å². The second-order valence-electron chi connectivity index (χ2n) is 4.91. The van der Waals surface area contributed by atoms with Crippen LogP contribution >= 0.6 is 11.6 Å². The maximum Gasteiger partial charge on any atom is 0.132 e. The van der Waals surface area contributed by atoms with Gasteiger partial charge in [0.05, 0.1) is 11.9 Å². The third kappa shape index (κ3) is 3.58. The first-order chi connectivity index (χ1) is 8.15. The molecule has 4 heteroatoms. The molecular weight excluding hydrogens is 234 g/mol. The van der Waals surface area contributed by atoms with Crippen LogP contribution < -0.4 is 5.32 Å². The highest BCUT2D eigenvalue weighted by Gasteiger charge is 2.14. The Morgan fingerprint density at radius 2 is 2.24 bits per heavy atom. The number of halogens is 1. The van der Waals surface area contributed by atoms with Crippen molar-refractivity contribution in [1.29, 1.82) is 0 Å². The summed E-state index contributed by atoms with van der Waals surface area (Å²) in [5.41, 5.74) is 2.11. The van der Waals surface area contributed by atoms with E-state index >= 15 is 0 Å². The van der Waals surface area contributed by atoms with Gasteiger partial charge in [0.15, 0.2) is 0 Å². The Kier molecular flexibility index (Phi) is 4.24. The molecule has 1 saturated heterocycles. The highest BCUT2D eigenvalue weighted by Crippen LogP contribution is 2.19. The predicted octanol–water partition coefficient (Wildman–Crippen LogP) is 2.94. The maximum atomic E-state index is 5.92. The monoisotopic (exact) mass is 253 g/mol. The van der Waals surface area contributed by atoms with Crippen molar-refractivity contribution < 1.29 is 0 Å². The molecular formula is C13H20ClN3. The number of anilines is 1. The summed E-state index contributed by atoms with van der Waals surface area (Å²) in [7, 11) is 2.19. The van der Waals surface area contributed by atoms with Crippen LogP contribution in [0.1, 0.15) is 24.8 Å². The van der Waals surface area contributed by atoms with Gasteiger partial charge in [-0.3, -0.25) is 0 Å². The molecule has 0 spiro atoms. The fourth-order valence-corrected chi connectivity index (χ4v) is 2.36. The molecule has 1 aromatic rings. The summed E-state index contributed by atoms with van der Waals surface area (Å²) < 4.78 is 0. The minimum absolute atomic E-state index is 0.558. The first kappa shape index (κ1) is 12.7. The third-order valence-corrected chi connectivity index (χ3v) is 3.73. The maximum absolute atomic E-state index is 5.92. The van der Waals surface area contributed by atoms with Crippen LogP contribution in [0.25, 0.3) is 0 Å². The van der Waals surface area contributed by atoms with Crippen molar-refractivity contribution >= 4 is 17.3 Å². The van der Waals surface area contributed by atoms with Crippen LogP contribution in [0.5, 0.6) is 0 Å². The fraction of sp³-hybridized carbons (Fsp3) is 0.615. The summed E-state index contributed by atoms with van der Waals surface area (Å²) in [5.74, 6) is 0. The van der Waals surface area contributed by atoms with Crippen molar-refractivity contribution in [3.05, 3.63) is 23.0 Å². The quantitative estimate of drug-likeness (QED) is 0.822. The van der Waals surface area contributed by atoms with E-state index in [4.69, 9.17) is 11.6 Å². The molecule has 0 saturated carbocycles. The van der Waals surface area contributed by atoms with E-state index in [9.17, 15) is 0 Å². The fourth-order valence-electron chi connectivity index (χ4n) is 2.26. The summed E-state index contributed by atoms with van der Waals surface area (Å²) in [5, 5.41) is 4.16. The van der Waals surface area contributed by atoms with Gasteiger partial charge in [-0.05, 0) is 58.0 Å². The average molecular weight is 254 g/mol. The topological polar surface area (TPSA) is 28.2 Å². The molecule has 0 aliphatic carbocycles. The van der Waals surface area contributed by atoms with Gasteiger partial charge < -0.3 is 10.2 Å². The molecule has 0 aromatic carbocycles. The molecule has 3 nitrogen and oxygen atoms in total. The van der Waals surface area contributed by atoms with Crippen molar-refractivity contribution in [3.8, 4) is 0 Å². The Labute approximate surface area is 108 Å². The van der Waals surface area contributed by atoms with E-state index in [1.807, 2.05) is 13.1 Å². The predicted molar refractivity (Wildman–Crippen MR) is 72.7 cm³/mol. The van der Waals surface area contributed by atoms with Gasteiger partial charge in [-0.2, -0.15) is 0 Å². The van der Waals surface area contributed by atoms with Gasteiger partial charge in [0.1, 0.15) is 5.15 Å². The Hall–Kier alpha value is -0.800. The van der Waals surface area contributed by atoms with Crippen LogP contribution in [-0.4, -0.2) is 36.1 Å². The Morgan fingerprint density at radius 1 is 1.41 bits per heavy atom. The smallest absolute Gasteiger partial charge is 0.132 e. The number of likely N-dealkylation sites (tertiary alicyclic amines) is 1. The number of rotatable bonds is 2. The molecule has 0 amide bonds. The number of nitrogens with one attached hydrogen (secondary N) is 1. The second kappa shape index (κ2) is 5.69. The van der Waals surface area contributed by atoms with Crippen LogP contribution in [-0.2, 0) is 0 Å². The van der Waals surface area contributed by atoms with E-state index in [0.29, 0.717) is 11.2 Å². The van der Waals surface area contributed by atoms with Crippen LogP contribution in [0.2, 0.25) is 5.15 Å². The van der Waals surface area contributed by atoms with Crippen LogP contribution in [0.3, 0.4) is 0 Å². The lowest BCUT2D eigenvalue weighted by atomic mass is 10.1. The molecule has 2 heterocycles. The summed E-state index contributed by atoms with van der Waals surface area (Å²) in [4.78, 5) is 6.57. The number of hydrogen-bond acceptors (Lipinski definition) is 3. The van der Waals surface area contributed by atoms with Crippen LogP contribution in [0.15, 0.2) is 12.3 Å². The molecule has 1 fully saturated rings. The first-order valence-corrected chi connectivity index (χ1v) is 6.60. The Bertz CT molecular complexity index is 381. The lowest BCUT2D eigenvalue weighted by Crippen LogP contribution is -2.23. The number of aromatic nitrogens is 1.